The molecule has 5 aliphatic rings. The van der Waals surface area contributed by atoms with Crippen LogP contribution in [-0.4, -0.2) is 17.8 Å². The summed E-state index contributed by atoms with van der Waals surface area (Å²) in [7, 11) is 0. The quantitative estimate of drug-likeness (QED) is 0.221. The van der Waals surface area contributed by atoms with Crippen molar-refractivity contribution in [2.45, 2.75) is 56.5 Å². The predicted octanol–water partition coefficient (Wildman–Crippen LogP) is 11.1. The van der Waals surface area contributed by atoms with E-state index < -0.39 is 0 Å². The first-order valence-corrected chi connectivity index (χ1v) is 18.6. The summed E-state index contributed by atoms with van der Waals surface area (Å²) in [5.41, 5.74) is 9.75. The Morgan fingerprint density at radius 2 is 1.25 bits per heavy atom. The zero-order valence-electron chi connectivity index (χ0n) is 29.7. The highest BCUT2D eigenvalue weighted by Gasteiger charge is 2.35. The molecule has 0 spiro atoms. The normalized spacial score (nSPS) is 24.2. The molecule has 9 rings (SSSR count). The van der Waals surface area contributed by atoms with Crippen LogP contribution in [0.4, 0.5) is 0 Å². The Labute approximate surface area is 307 Å². The summed E-state index contributed by atoms with van der Waals surface area (Å²) in [4.78, 5) is 10.5. The lowest BCUT2D eigenvalue weighted by atomic mass is 9.74. The van der Waals surface area contributed by atoms with E-state index in [2.05, 4.69) is 171 Å². The van der Waals surface area contributed by atoms with Crippen molar-refractivity contribution in [3.05, 3.63) is 197 Å². The molecule has 0 bridgehead atoms. The number of para-hydroxylation sites is 1. The molecular formula is C48H43N3O. The fourth-order valence-corrected chi connectivity index (χ4v) is 8.13. The van der Waals surface area contributed by atoms with Crippen LogP contribution in [-0.2, 0) is 5.41 Å². The molecule has 0 fully saturated rings. The lowest BCUT2D eigenvalue weighted by molar-refractivity contribution is 0.417. The number of aliphatic imine (C=N–C) groups is 2. The second kappa shape index (κ2) is 13.4. The van der Waals surface area contributed by atoms with Gasteiger partial charge in [0.15, 0.2) is 6.17 Å². The van der Waals surface area contributed by atoms with Crippen LogP contribution in [0.2, 0.25) is 0 Å². The van der Waals surface area contributed by atoms with Gasteiger partial charge >= 0.3 is 0 Å². The Bertz CT molecular complexity index is 2260. The van der Waals surface area contributed by atoms with Crippen LogP contribution in [0.5, 0.6) is 11.5 Å². The van der Waals surface area contributed by atoms with E-state index >= 15 is 0 Å². The average molecular weight is 678 g/mol. The van der Waals surface area contributed by atoms with Crippen LogP contribution in [0, 0.1) is 5.92 Å². The van der Waals surface area contributed by atoms with Crippen molar-refractivity contribution in [2.24, 2.45) is 15.9 Å². The standard InChI is InChI=1S/C48H43N3O/c1-48(2)41-15-9-10-16-43(41)52-44-30-29-40(31-42(44)48)36-21-27-39(28-22-36)47-50-45(37-23-17-34(18-24-37)32-11-5-3-6-12-32)49-46(51-47)38-25-19-35(20-26-38)33-13-7-4-8-14-33/h3-19,21,23,25-31,35-37,46H,20,22,24H2,1-2H3,(H,49,50,51). The summed E-state index contributed by atoms with van der Waals surface area (Å²) in [5.74, 6) is 4.57. The molecular weight excluding hydrogens is 635 g/mol. The molecule has 4 nitrogen and oxygen atoms in total. The van der Waals surface area contributed by atoms with Crippen LogP contribution in [0.25, 0.3) is 5.57 Å². The molecule has 0 amide bonds. The maximum Gasteiger partial charge on any atom is 0.169 e. The van der Waals surface area contributed by atoms with Crippen molar-refractivity contribution in [3.8, 4) is 11.5 Å². The van der Waals surface area contributed by atoms with E-state index in [1.54, 1.807) is 0 Å². The molecule has 0 saturated heterocycles. The van der Waals surface area contributed by atoms with Crippen molar-refractivity contribution < 1.29 is 4.74 Å². The molecule has 4 atom stereocenters. The minimum atomic E-state index is -0.287. The molecule has 1 N–H and O–H groups in total. The topological polar surface area (TPSA) is 46.0 Å². The van der Waals surface area contributed by atoms with Gasteiger partial charge in [0.05, 0.1) is 0 Å². The predicted molar refractivity (Wildman–Crippen MR) is 214 cm³/mol. The van der Waals surface area contributed by atoms with Crippen LogP contribution in [0.15, 0.2) is 179 Å². The fourth-order valence-electron chi connectivity index (χ4n) is 8.13. The molecule has 2 heterocycles. The Morgan fingerprint density at radius 1 is 0.596 bits per heavy atom. The van der Waals surface area contributed by atoms with Gasteiger partial charge < -0.3 is 10.1 Å². The zero-order valence-corrected chi connectivity index (χ0v) is 29.7. The molecule has 256 valence electrons. The van der Waals surface area contributed by atoms with E-state index in [0.717, 1.165) is 53.6 Å². The minimum absolute atomic E-state index is 0.140. The summed E-state index contributed by atoms with van der Waals surface area (Å²) in [6.07, 6.45) is 23.1. The molecule has 2 aliphatic heterocycles. The monoisotopic (exact) mass is 677 g/mol. The van der Waals surface area contributed by atoms with Gasteiger partial charge in [-0.25, -0.2) is 9.98 Å². The Hall–Kier alpha value is -5.74. The van der Waals surface area contributed by atoms with Gasteiger partial charge in [0.25, 0.3) is 0 Å². The summed E-state index contributed by atoms with van der Waals surface area (Å²) in [6.45, 7) is 4.60. The van der Waals surface area contributed by atoms with E-state index in [1.807, 2.05) is 6.07 Å². The maximum atomic E-state index is 6.35. The number of fused-ring (bicyclic) bond motifs is 2. The van der Waals surface area contributed by atoms with E-state index in [0.29, 0.717) is 5.92 Å². The van der Waals surface area contributed by atoms with Gasteiger partial charge in [-0.1, -0.05) is 160 Å². The third kappa shape index (κ3) is 6.13. The van der Waals surface area contributed by atoms with Gasteiger partial charge in [-0.3, -0.25) is 0 Å². The van der Waals surface area contributed by atoms with E-state index in [9.17, 15) is 0 Å². The number of allylic oxidation sites excluding steroid dienone is 7. The van der Waals surface area contributed by atoms with Gasteiger partial charge in [0.1, 0.15) is 23.2 Å². The summed E-state index contributed by atoms with van der Waals surface area (Å²) >= 11 is 0. The molecule has 52 heavy (non-hydrogen) atoms. The number of amidine groups is 2. The highest BCUT2D eigenvalue weighted by molar-refractivity contribution is 6.13. The van der Waals surface area contributed by atoms with Crippen LogP contribution >= 0.6 is 0 Å². The number of nitrogens with one attached hydrogen (secondary N) is 1. The van der Waals surface area contributed by atoms with Gasteiger partial charge in [-0.05, 0) is 59.2 Å². The molecule has 4 aromatic carbocycles. The molecule has 0 aromatic heterocycles. The van der Waals surface area contributed by atoms with Crippen molar-refractivity contribution >= 4 is 17.2 Å². The fraction of sp³-hybridized carbons (Fsp3) is 0.208. The lowest BCUT2D eigenvalue weighted by Gasteiger charge is -2.35. The number of nitrogens with zero attached hydrogens (tertiary/aromatic N) is 2. The molecule has 4 heteroatoms. The highest BCUT2D eigenvalue weighted by atomic mass is 16.5. The Kier molecular flexibility index (Phi) is 8.31. The maximum absolute atomic E-state index is 6.35. The molecule has 4 unspecified atom stereocenters. The second-order valence-electron chi connectivity index (χ2n) is 14.9. The van der Waals surface area contributed by atoms with Crippen LogP contribution < -0.4 is 10.1 Å². The molecule has 0 saturated carbocycles. The van der Waals surface area contributed by atoms with Crippen molar-refractivity contribution in [3.63, 3.8) is 0 Å². The average Bonchev–Trinajstić information content (AvgIpc) is 3.21. The SMILES string of the molecule is CC1(C)c2ccccc2Oc2ccc(C3C=CC(C4=NC(C5=CCC(c6ccccc6)C=C5)N=C(C5C=CC(c6ccccc6)=CC5)N4)=CC3)cc21. The number of rotatable bonds is 6. The van der Waals surface area contributed by atoms with E-state index in [-0.39, 0.29) is 23.4 Å². The Balaban J connectivity index is 0.967. The minimum Gasteiger partial charge on any atom is -0.457 e. The second-order valence-corrected chi connectivity index (χ2v) is 14.9. The summed E-state index contributed by atoms with van der Waals surface area (Å²) < 4.78 is 6.35. The van der Waals surface area contributed by atoms with Crippen LogP contribution in [0.1, 0.15) is 72.8 Å². The van der Waals surface area contributed by atoms with Crippen molar-refractivity contribution in [1.82, 2.24) is 5.32 Å². The number of ether oxygens (including phenoxy) is 1. The van der Waals surface area contributed by atoms with E-state index in [4.69, 9.17) is 14.7 Å². The first-order chi connectivity index (χ1) is 25.5. The highest BCUT2D eigenvalue weighted by Crippen LogP contribution is 2.48. The molecule has 0 radical (unpaired) electrons. The lowest BCUT2D eigenvalue weighted by Crippen LogP contribution is -2.41. The smallest absolute Gasteiger partial charge is 0.169 e. The van der Waals surface area contributed by atoms with Gasteiger partial charge in [0.2, 0.25) is 0 Å². The van der Waals surface area contributed by atoms with Crippen LogP contribution in [0.3, 0.4) is 0 Å². The largest absolute Gasteiger partial charge is 0.457 e. The van der Waals surface area contributed by atoms with Crippen molar-refractivity contribution in [1.29, 1.82) is 0 Å². The summed E-state index contributed by atoms with van der Waals surface area (Å²) in [6, 6.07) is 36.5. The zero-order chi connectivity index (χ0) is 35.1. The third-order valence-electron chi connectivity index (χ3n) is 11.2. The molecule has 3 aliphatic carbocycles. The van der Waals surface area contributed by atoms with Crippen molar-refractivity contribution in [2.75, 3.05) is 0 Å². The van der Waals surface area contributed by atoms with Gasteiger partial charge in [-0.2, -0.15) is 0 Å². The molecule has 4 aromatic rings. The summed E-state index contributed by atoms with van der Waals surface area (Å²) in [5, 5.41) is 3.70. The van der Waals surface area contributed by atoms with E-state index in [1.165, 1.54) is 33.4 Å². The number of hydrogen-bond donors (Lipinski definition) is 1. The first kappa shape index (κ1) is 32.2. The number of benzene rings is 4. The Morgan fingerprint density at radius 3 is 2.00 bits per heavy atom. The number of hydrogen-bond acceptors (Lipinski definition) is 4. The third-order valence-corrected chi connectivity index (χ3v) is 11.2. The first-order valence-electron chi connectivity index (χ1n) is 18.6. The van der Waals surface area contributed by atoms with Gasteiger partial charge in [0, 0.05) is 39.9 Å². The van der Waals surface area contributed by atoms with Gasteiger partial charge in [-0.15, -0.1) is 0 Å².